The first-order valence-corrected chi connectivity index (χ1v) is 10.1. The zero-order valence-electron chi connectivity index (χ0n) is 12.3. The maximum atomic E-state index is 12.3. The summed E-state index contributed by atoms with van der Waals surface area (Å²) in [4.78, 5) is -0.0892. The van der Waals surface area contributed by atoms with E-state index in [0.29, 0.717) is 0 Å². The number of sulfone groups is 2. The third-order valence-electron chi connectivity index (χ3n) is 3.35. The lowest BCUT2D eigenvalue weighted by Crippen LogP contribution is -2.17. The molecular formula is C15H18N2O4S2. The van der Waals surface area contributed by atoms with Crippen molar-refractivity contribution in [3.05, 3.63) is 59.7 Å². The molecule has 0 fully saturated rings. The van der Waals surface area contributed by atoms with Crippen molar-refractivity contribution >= 4 is 19.7 Å². The van der Waals surface area contributed by atoms with Crippen LogP contribution in [0.15, 0.2) is 58.3 Å². The van der Waals surface area contributed by atoms with Crippen LogP contribution in [0, 0.1) is 0 Å². The van der Waals surface area contributed by atoms with E-state index in [2.05, 4.69) is 0 Å². The van der Waals surface area contributed by atoms with Crippen LogP contribution in [0.3, 0.4) is 0 Å². The van der Waals surface area contributed by atoms with Crippen molar-refractivity contribution in [3.8, 4) is 0 Å². The standard InChI is InChI=1S/C15H18N2O4S2/c16-9-12-1-5-14(6-2-12)22(18,19)11-23(20,21)15-7-3-13(10-17)4-8-15/h1-8H,9-11,16-17H2. The van der Waals surface area contributed by atoms with Gasteiger partial charge in [-0.2, -0.15) is 0 Å². The lowest BCUT2D eigenvalue weighted by molar-refractivity contribution is 0.589. The maximum absolute atomic E-state index is 12.3. The molecule has 0 unspecified atom stereocenters. The van der Waals surface area contributed by atoms with E-state index >= 15 is 0 Å². The van der Waals surface area contributed by atoms with Crippen LogP contribution in [0.1, 0.15) is 11.1 Å². The minimum Gasteiger partial charge on any atom is -0.326 e. The first kappa shape index (κ1) is 17.6. The van der Waals surface area contributed by atoms with Gasteiger partial charge in [0.05, 0.1) is 9.79 Å². The van der Waals surface area contributed by atoms with Crippen LogP contribution in [0.2, 0.25) is 0 Å². The third kappa shape index (κ3) is 4.17. The van der Waals surface area contributed by atoms with Gasteiger partial charge in [0, 0.05) is 13.1 Å². The molecule has 0 saturated heterocycles. The van der Waals surface area contributed by atoms with Crippen LogP contribution >= 0.6 is 0 Å². The molecule has 0 saturated carbocycles. The van der Waals surface area contributed by atoms with E-state index in [9.17, 15) is 16.8 Å². The van der Waals surface area contributed by atoms with Gasteiger partial charge in [-0.15, -0.1) is 0 Å². The van der Waals surface area contributed by atoms with Crippen LogP contribution in [0.4, 0.5) is 0 Å². The van der Waals surface area contributed by atoms with Gasteiger partial charge in [0.2, 0.25) is 0 Å². The highest BCUT2D eigenvalue weighted by Gasteiger charge is 2.25. The number of hydrogen-bond donors (Lipinski definition) is 2. The minimum absolute atomic E-state index is 0.0446. The maximum Gasteiger partial charge on any atom is 0.193 e. The lowest BCUT2D eigenvalue weighted by atomic mass is 10.2. The largest absolute Gasteiger partial charge is 0.326 e. The second-order valence-electron chi connectivity index (χ2n) is 5.04. The van der Waals surface area contributed by atoms with Gasteiger partial charge in [0.1, 0.15) is 0 Å². The molecule has 8 heteroatoms. The van der Waals surface area contributed by atoms with Gasteiger partial charge in [-0.3, -0.25) is 0 Å². The number of rotatable bonds is 6. The van der Waals surface area contributed by atoms with Crippen molar-refractivity contribution in [3.63, 3.8) is 0 Å². The van der Waals surface area contributed by atoms with E-state index in [1.165, 1.54) is 24.3 Å². The van der Waals surface area contributed by atoms with Crippen molar-refractivity contribution < 1.29 is 16.8 Å². The molecule has 0 atom stereocenters. The molecule has 0 aliphatic rings. The van der Waals surface area contributed by atoms with Crippen LogP contribution in [0.5, 0.6) is 0 Å². The second-order valence-corrected chi connectivity index (χ2v) is 9.39. The highest BCUT2D eigenvalue weighted by molar-refractivity contribution is 8.08. The van der Waals surface area contributed by atoms with Gasteiger partial charge in [0.15, 0.2) is 24.8 Å². The molecule has 0 aromatic heterocycles. The fraction of sp³-hybridized carbons (Fsp3) is 0.200. The summed E-state index contributed by atoms with van der Waals surface area (Å²) in [5.74, 6) is 0. The summed E-state index contributed by atoms with van der Waals surface area (Å²) in [5, 5.41) is -0.982. The van der Waals surface area contributed by atoms with Gasteiger partial charge < -0.3 is 11.5 Å². The molecule has 4 N–H and O–H groups in total. The van der Waals surface area contributed by atoms with E-state index in [0.717, 1.165) is 11.1 Å². The van der Waals surface area contributed by atoms with Crippen molar-refractivity contribution in [1.82, 2.24) is 0 Å². The molecule has 0 bridgehead atoms. The zero-order chi connectivity index (χ0) is 17.1. The Morgan fingerprint density at radius 2 is 0.913 bits per heavy atom. The Morgan fingerprint density at radius 3 is 1.17 bits per heavy atom. The summed E-state index contributed by atoms with van der Waals surface area (Å²) in [5.41, 5.74) is 12.4. The van der Waals surface area contributed by atoms with Crippen LogP contribution < -0.4 is 11.5 Å². The zero-order valence-corrected chi connectivity index (χ0v) is 14.0. The third-order valence-corrected chi connectivity index (χ3v) is 7.81. The number of benzene rings is 2. The van der Waals surface area contributed by atoms with Crippen LogP contribution in [0.25, 0.3) is 0 Å². The van der Waals surface area contributed by atoms with E-state index in [1.54, 1.807) is 24.3 Å². The van der Waals surface area contributed by atoms with Crippen molar-refractivity contribution in [2.75, 3.05) is 5.08 Å². The summed E-state index contributed by atoms with van der Waals surface area (Å²) in [7, 11) is -7.92. The second kappa shape index (κ2) is 6.79. The molecule has 124 valence electrons. The van der Waals surface area contributed by atoms with Crippen molar-refractivity contribution in [2.45, 2.75) is 22.9 Å². The van der Waals surface area contributed by atoms with Gasteiger partial charge >= 0.3 is 0 Å². The van der Waals surface area contributed by atoms with E-state index < -0.39 is 24.8 Å². The normalized spacial score (nSPS) is 12.3. The molecule has 0 aliphatic heterocycles. The highest BCUT2D eigenvalue weighted by Crippen LogP contribution is 2.19. The summed E-state index contributed by atoms with van der Waals surface area (Å²) in [6.07, 6.45) is 0. The van der Waals surface area contributed by atoms with Crippen molar-refractivity contribution in [2.24, 2.45) is 11.5 Å². The number of nitrogens with two attached hydrogens (primary N) is 2. The Morgan fingerprint density at radius 1 is 0.609 bits per heavy atom. The van der Waals surface area contributed by atoms with E-state index in [-0.39, 0.29) is 22.9 Å². The Hall–Kier alpha value is -1.74. The van der Waals surface area contributed by atoms with Crippen LogP contribution in [-0.2, 0) is 32.8 Å². The first-order valence-electron chi connectivity index (χ1n) is 6.82. The SMILES string of the molecule is NCc1ccc(S(=O)(=O)CS(=O)(=O)c2ccc(CN)cc2)cc1. The molecule has 0 amide bonds. The molecule has 23 heavy (non-hydrogen) atoms. The Balaban J connectivity index is 2.29. The molecule has 6 nitrogen and oxygen atoms in total. The Labute approximate surface area is 136 Å². The predicted molar refractivity (Wildman–Crippen MR) is 87.9 cm³/mol. The van der Waals surface area contributed by atoms with Gasteiger partial charge in [0.25, 0.3) is 0 Å². The topological polar surface area (TPSA) is 120 Å². The molecular weight excluding hydrogens is 336 g/mol. The predicted octanol–water partition coefficient (Wildman–Crippen LogP) is 0.809. The van der Waals surface area contributed by atoms with Gasteiger partial charge in [-0.25, -0.2) is 16.8 Å². The monoisotopic (exact) mass is 354 g/mol. The Kier molecular flexibility index (Phi) is 5.20. The van der Waals surface area contributed by atoms with Crippen molar-refractivity contribution in [1.29, 1.82) is 0 Å². The molecule has 2 aromatic rings. The summed E-state index contributed by atoms with van der Waals surface area (Å²) >= 11 is 0. The first-order chi connectivity index (χ1) is 10.8. The lowest BCUT2D eigenvalue weighted by Gasteiger charge is -2.08. The quantitative estimate of drug-likeness (QED) is 0.792. The summed E-state index contributed by atoms with van der Waals surface area (Å²) in [6, 6.07) is 11.7. The molecule has 0 heterocycles. The smallest absolute Gasteiger partial charge is 0.193 e. The van der Waals surface area contributed by atoms with Gasteiger partial charge in [-0.1, -0.05) is 24.3 Å². The Bertz CT molecular complexity index is 797. The molecule has 0 radical (unpaired) electrons. The molecule has 2 aromatic carbocycles. The average molecular weight is 354 g/mol. The van der Waals surface area contributed by atoms with E-state index in [1.807, 2.05) is 0 Å². The van der Waals surface area contributed by atoms with Gasteiger partial charge in [-0.05, 0) is 35.4 Å². The number of hydrogen-bond acceptors (Lipinski definition) is 6. The minimum atomic E-state index is -3.96. The summed E-state index contributed by atoms with van der Waals surface area (Å²) < 4.78 is 49.3. The average Bonchev–Trinajstić information content (AvgIpc) is 2.54. The van der Waals surface area contributed by atoms with E-state index in [4.69, 9.17) is 11.5 Å². The fourth-order valence-electron chi connectivity index (χ4n) is 2.01. The molecule has 0 spiro atoms. The highest BCUT2D eigenvalue weighted by atomic mass is 32.3. The molecule has 0 aliphatic carbocycles. The fourth-order valence-corrected chi connectivity index (χ4v) is 5.83. The van der Waals surface area contributed by atoms with Crippen LogP contribution in [-0.4, -0.2) is 21.9 Å². The molecule has 2 rings (SSSR count). The summed E-state index contributed by atoms with van der Waals surface area (Å²) in [6.45, 7) is 0.568.